The number of ether oxygens (including phenoxy) is 1. The van der Waals surface area contributed by atoms with Crippen molar-refractivity contribution in [3.63, 3.8) is 0 Å². The number of carbonyl (C=O) groups is 1. The average molecular weight is 372 g/mol. The molecule has 1 aromatic heterocycles. The normalized spacial score (nSPS) is 10.6. The molecular formula is C23H17FN2O2. The highest BCUT2D eigenvalue weighted by molar-refractivity contribution is 5.96. The second-order valence-corrected chi connectivity index (χ2v) is 6.21. The van der Waals surface area contributed by atoms with Gasteiger partial charge in [0.25, 0.3) is 0 Å². The van der Waals surface area contributed by atoms with E-state index in [-0.39, 0.29) is 6.61 Å². The third-order valence-corrected chi connectivity index (χ3v) is 4.32. The Morgan fingerprint density at radius 2 is 1.54 bits per heavy atom. The zero-order chi connectivity index (χ0) is 19.3. The summed E-state index contributed by atoms with van der Waals surface area (Å²) in [4.78, 5) is 12.8. The average Bonchev–Trinajstić information content (AvgIpc) is 3.20. The highest BCUT2D eigenvalue weighted by atomic mass is 19.1. The number of para-hydroxylation sites is 1. The van der Waals surface area contributed by atoms with Crippen LogP contribution in [-0.2, 0) is 11.3 Å². The van der Waals surface area contributed by atoms with Crippen LogP contribution in [0.3, 0.4) is 0 Å². The number of hydrogen-bond donors (Lipinski definition) is 0. The van der Waals surface area contributed by atoms with Crippen LogP contribution in [0.4, 0.5) is 4.39 Å². The molecule has 1 heterocycles. The molecule has 3 aromatic carbocycles. The molecule has 0 amide bonds. The zero-order valence-electron chi connectivity index (χ0n) is 15.0. The van der Waals surface area contributed by atoms with E-state index >= 15 is 0 Å². The lowest BCUT2D eigenvalue weighted by atomic mass is 10.1. The van der Waals surface area contributed by atoms with Gasteiger partial charge in [-0.3, -0.25) is 0 Å². The summed E-state index contributed by atoms with van der Waals surface area (Å²) in [6.07, 6.45) is 1.64. The number of rotatable bonds is 5. The minimum absolute atomic E-state index is 0.143. The third kappa shape index (κ3) is 3.69. The number of esters is 1. The number of hydrogen-bond acceptors (Lipinski definition) is 3. The predicted octanol–water partition coefficient (Wildman–Crippen LogP) is 5.04. The molecule has 0 saturated carbocycles. The van der Waals surface area contributed by atoms with E-state index in [0.717, 1.165) is 11.3 Å². The highest BCUT2D eigenvalue weighted by Gasteiger charge is 2.20. The molecule has 0 aliphatic carbocycles. The van der Waals surface area contributed by atoms with Gasteiger partial charge in [0.1, 0.15) is 23.7 Å². The Morgan fingerprint density at radius 3 is 2.25 bits per heavy atom. The smallest absolute Gasteiger partial charge is 0.342 e. The van der Waals surface area contributed by atoms with Crippen LogP contribution < -0.4 is 0 Å². The Balaban J connectivity index is 1.67. The molecule has 28 heavy (non-hydrogen) atoms. The predicted molar refractivity (Wildman–Crippen MR) is 105 cm³/mol. The molecule has 0 aliphatic rings. The number of aromatic nitrogens is 2. The van der Waals surface area contributed by atoms with E-state index in [1.807, 2.05) is 60.7 Å². The quantitative estimate of drug-likeness (QED) is 0.461. The first-order valence-electron chi connectivity index (χ1n) is 8.83. The van der Waals surface area contributed by atoms with E-state index in [1.54, 1.807) is 29.1 Å². The van der Waals surface area contributed by atoms with Crippen LogP contribution in [0.5, 0.6) is 0 Å². The van der Waals surface area contributed by atoms with Gasteiger partial charge in [-0.2, -0.15) is 5.10 Å². The van der Waals surface area contributed by atoms with Crippen molar-refractivity contribution < 1.29 is 13.9 Å². The van der Waals surface area contributed by atoms with Gasteiger partial charge in [-0.1, -0.05) is 66.7 Å². The van der Waals surface area contributed by atoms with Crippen LogP contribution in [0, 0.1) is 5.82 Å². The summed E-state index contributed by atoms with van der Waals surface area (Å²) in [6.45, 7) is -0.143. The van der Waals surface area contributed by atoms with Crippen molar-refractivity contribution >= 4 is 5.97 Å². The fraction of sp³-hybridized carbons (Fsp3) is 0.0435. The van der Waals surface area contributed by atoms with Crippen molar-refractivity contribution in [3.8, 4) is 16.9 Å². The van der Waals surface area contributed by atoms with Crippen molar-refractivity contribution in [3.05, 3.63) is 108 Å². The molecule has 5 heteroatoms. The van der Waals surface area contributed by atoms with Crippen molar-refractivity contribution in [2.45, 2.75) is 6.61 Å². The number of nitrogens with zero attached hydrogens (tertiary/aromatic N) is 2. The van der Waals surface area contributed by atoms with E-state index in [2.05, 4.69) is 5.10 Å². The molecular weight excluding hydrogens is 355 g/mol. The minimum Gasteiger partial charge on any atom is -0.457 e. The lowest BCUT2D eigenvalue weighted by Crippen LogP contribution is -2.06. The molecule has 0 unspecified atom stereocenters. The monoisotopic (exact) mass is 372 g/mol. The second-order valence-electron chi connectivity index (χ2n) is 6.21. The first-order valence-corrected chi connectivity index (χ1v) is 8.83. The molecule has 0 radical (unpaired) electrons. The fourth-order valence-electron chi connectivity index (χ4n) is 2.88. The molecule has 0 aliphatic heterocycles. The van der Waals surface area contributed by atoms with Crippen LogP contribution in [-0.4, -0.2) is 15.7 Å². The van der Waals surface area contributed by atoms with Gasteiger partial charge in [0.05, 0.1) is 5.69 Å². The van der Waals surface area contributed by atoms with Crippen LogP contribution in [0.1, 0.15) is 15.9 Å². The molecule has 0 fully saturated rings. The van der Waals surface area contributed by atoms with Gasteiger partial charge in [-0.05, 0) is 18.2 Å². The Hall–Kier alpha value is -3.73. The van der Waals surface area contributed by atoms with Crippen LogP contribution in [0.25, 0.3) is 16.9 Å². The fourth-order valence-corrected chi connectivity index (χ4v) is 2.88. The Morgan fingerprint density at radius 1 is 0.893 bits per heavy atom. The summed E-state index contributed by atoms with van der Waals surface area (Å²) < 4.78 is 20.8. The summed E-state index contributed by atoms with van der Waals surface area (Å²) >= 11 is 0. The van der Waals surface area contributed by atoms with Crippen LogP contribution >= 0.6 is 0 Å². The maximum Gasteiger partial charge on any atom is 0.342 e. The maximum absolute atomic E-state index is 13.8. The summed E-state index contributed by atoms with van der Waals surface area (Å²) in [6, 6.07) is 25.2. The van der Waals surface area contributed by atoms with Crippen molar-refractivity contribution in [2.75, 3.05) is 0 Å². The Bertz CT molecular complexity index is 1090. The molecule has 4 aromatic rings. The zero-order valence-corrected chi connectivity index (χ0v) is 15.0. The standard InChI is InChI=1S/C23H17FN2O2/c24-21-14-8-7-11-18(21)16-28-23(27)20-15-26(19-12-5-2-6-13-19)25-22(20)17-9-3-1-4-10-17/h1-15H,16H2. The van der Waals surface area contributed by atoms with E-state index in [9.17, 15) is 9.18 Å². The van der Waals surface area contributed by atoms with Gasteiger partial charge in [0.2, 0.25) is 0 Å². The van der Waals surface area contributed by atoms with E-state index < -0.39 is 11.8 Å². The molecule has 138 valence electrons. The number of benzene rings is 3. The second kappa shape index (κ2) is 7.88. The van der Waals surface area contributed by atoms with Crippen molar-refractivity contribution in [2.24, 2.45) is 0 Å². The van der Waals surface area contributed by atoms with E-state index in [0.29, 0.717) is 16.8 Å². The van der Waals surface area contributed by atoms with Gasteiger partial charge < -0.3 is 4.74 Å². The molecule has 0 bridgehead atoms. The molecule has 0 spiro atoms. The SMILES string of the molecule is O=C(OCc1ccccc1F)c1cn(-c2ccccc2)nc1-c1ccccc1. The van der Waals surface area contributed by atoms with Crippen molar-refractivity contribution in [1.82, 2.24) is 9.78 Å². The van der Waals surface area contributed by atoms with E-state index in [1.165, 1.54) is 6.07 Å². The van der Waals surface area contributed by atoms with E-state index in [4.69, 9.17) is 4.74 Å². The Kier molecular flexibility index (Phi) is 4.97. The first-order chi connectivity index (χ1) is 13.7. The highest BCUT2D eigenvalue weighted by Crippen LogP contribution is 2.24. The molecule has 0 saturated heterocycles. The summed E-state index contributed by atoms with van der Waals surface area (Å²) in [7, 11) is 0. The van der Waals surface area contributed by atoms with Crippen LogP contribution in [0.2, 0.25) is 0 Å². The maximum atomic E-state index is 13.8. The summed E-state index contributed by atoms with van der Waals surface area (Å²) in [5, 5.41) is 4.59. The van der Waals surface area contributed by atoms with Gasteiger partial charge in [-0.15, -0.1) is 0 Å². The molecule has 0 atom stereocenters. The van der Waals surface area contributed by atoms with Gasteiger partial charge in [0.15, 0.2) is 0 Å². The Labute approximate surface area is 161 Å². The topological polar surface area (TPSA) is 44.1 Å². The van der Waals surface area contributed by atoms with Crippen molar-refractivity contribution in [1.29, 1.82) is 0 Å². The number of carbonyl (C=O) groups excluding carboxylic acids is 1. The number of halogens is 1. The summed E-state index contributed by atoms with van der Waals surface area (Å²) in [5.41, 5.74) is 2.80. The largest absolute Gasteiger partial charge is 0.457 e. The van der Waals surface area contributed by atoms with Gasteiger partial charge in [-0.25, -0.2) is 13.9 Å². The summed E-state index contributed by atoms with van der Waals surface area (Å²) in [5.74, 6) is -0.956. The lowest BCUT2D eigenvalue weighted by molar-refractivity contribution is 0.0470. The molecule has 4 rings (SSSR count). The lowest BCUT2D eigenvalue weighted by Gasteiger charge is -2.06. The van der Waals surface area contributed by atoms with Gasteiger partial charge in [0, 0.05) is 17.3 Å². The first kappa shape index (κ1) is 17.7. The minimum atomic E-state index is -0.552. The molecule has 0 N–H and O–H groups in total. The third-order valence-electron chi connectivity index (χ3n) is 4.32. The molecule has 4 nitrogen and oxygen atoms in total. The van der Waals surface area contributed by atoms with Crippen LogP contribution in [0.15, 0.2) is 91.1 Å². The van der Waals surface area contributed by atoms with Gasteiger partial charge >= 0.3 is 5.97 Å².